The molecule has 0 radical (unpaired) electrons. The van der Waals surface area contributed by atoms with Crippen molar-refractivity contribution in [3.05, 3.63) is 29.8 Å². The van der Waals surface area contributed by atoms with Gasteiger partial charge in [-0.25, -0.2) is 9.37 Å². The molecule has 1 saturated heterocycles. The summed E-state index contributed by atoms with van der Waals surface area (Å²) in [4.78, 5) is 6.94. The van der Waals surface area contributed by atoms with Crippen LogP contribution in [0.3, 0.4) is 0 Å². The van der Waals surface area contributed by atoms with Crippen molar-refractivity contribution in [3.63, 3.8) is 0 Å². The van der Waals surface area contributed by atoms with Gasteiger partial charge in [0.15, 0.2) is 5.82 Å². The van der Waals surface area contributed by atoms with Gasteiger partial charge in [0, 0.05) is 25.4 Å². The molecule has 0 saturated carbocycles. The maximum Gasteiger partial charge on any atom is 0.151 e. The average molecular weight is 310 g/mol. The molecule has 1 unspecified atom stereocenters. The van der Waals surface area contributed by atoms with E-state index in [2.05, 4.69) is 21.4 Å². The number of aryl methyl sites for hydroxylation is 1. The van der Waals surface area contributed by atoms with Gasteiger partial charge in [-0.05, 0) is 37.6 Å². The van der Waals surface area contributed by atoms with Gasteiger partial charge in [0.2, 0.25) is 0 Å². The van der Waals surface area contributed by atoms with E-state index in [0.29, 0.717) is 23.7 Å². The smallest absolute Gasteiger partial charge is 0.151 e. The zero-order chi connectivity index (χ0) is 14.8. The van der Waals surface area contributed by atoms with Crippen LogP contribution < -0.4 is 0 Å². The summed E-state index contributed by atoms with van der Waals surface area (Å²) in [5.41, 5.74) is 1.37. The normalized spacial score (nSPS) is 19.7. The molecule has 0 spiro atoms. The summed E-state index contributed by atoms with van der Waals surface area (Å²) in [5.74, 6) is 1.78. The van der Waals surface area contributed by atoms with Crippen molar-refractivity contribution >= 4 is 22.6 Å². The van der Waals surface area contributed by atoms with Gasteiger partial charge >= 0.3 is 0 Å². The maximum atomic E-state index is 13.9. The van der Waals surface area contributed by atoms with Crippen LogP contribution in [-0.2, 0) is 13.0 Å². The Morgan fingerprint density at radius 1 is 1.43 bits per heavy atom. The summed E-state index contributed by atoms with van der Waals surface area (Å²) in [6, 6.07) is 5.18. The number of rotatable bonds is 5. The second-order valence-electron chi connectivity index (χ2n) is 5.73. The number of likely N-dealkylation sites (tertiary alicyclic amines) is 1. The zero-order valence-corrected chi connectivity index (χ0v) is 13.1. The van der Waals surface area contributed by atoms with Gasteiger partial charge in [-0.2, -0.15) is 0 Å². The van der Waals surface area contributed by atoms with Crippen LogP contribution in [0.4, 0.5) is 4.39 Å². The minimum Gasteiger partial charge on any atom is -0.328 e. The number of hydrogen-bond donors (Lipinski definition) is 0. The lowest BCUT2D eigenvalue weighted by molar-refractivity contribution is 0.332. The first-order valence-corrected chi connectivity index (χ1v) is 8.18. The molecular weight excluding hydrogens is 289 g/mol. The van der Waals surface area contributed by atoms with Crippen LogP contribution in [0.2, 0.25) is 0 Å². The molecular formula is C16H21ClFN3. The fourth-order valence-corrected chi connectivity index (χ4v) is 3.42. The summed E-state index contributed by atoms with van der Waals surface area (Å²) in [6.07, 6.45) is 1.88. The summed E-state index contributed by atoms with van der Waals surface area (Å²) in [6.45, 7) is 6.48. The highest BCUT2D eigenvalue weighted by Gasteiger charge is 2.23. The standard InChI is InChI=1S/C16H21ClFN3/c1-2-20-9-7-12(10-20)11-21-14-5-3-4-13(18)16(14)19-15(21)6-8-17/h3-5,12H,2,6-11H2,1H3. The molecule has 3 nitrogen and oxygen atoms in total. The van der Waals surface area contributed by atoms with Crippen molar-refractivity contribution in [1.29, 1.82) is 0 Å². The van der Waals surface area contributed by atoms with Crippen molar-refractivity contribution in [2.75, 3.05) is 25.5 Å². The highest BCUT2D eigenvalue weighted by Crippen LogP contribution is 2.24. The molecule has 2 heterocycles. The summed E-state index contributed by atoms with van der Waals surface area (Å²) >= 11 is 5.88. The third kappa shape index (κ3) is 2.92. The Labute approximate surface area is 129 Å². The predicted molar refractivity (Wildman–Crippen MR) is 84.3 cm³/mol. The largest absolute Gasteiger partial charge is 0.328 e. The van der Waals surface area contributed by atoms with E-state index in [1.165, 1.54) is 12.5 Å². The van der Waals surface area contributed by atoms with E-state index in [1.54, 1.807) is 6.07 Å². The van der Waals surface area contributed by atoms with Crippen LogP contribution >= 0.6 is 11.6 Å². The lowest BCUT2D eigenvalue weighted by Gasteiger charge is -2.15. The van der Waals surface area contributed by atoms with E-state index in [1.807, 2.05) is 6.07 Å². The van der Waals surface area contributed by atoms with Gasteiger partial charge in [-0.15, -0.1) is 11.6 Å². The molecule has 0 amide bonds. The summed E-state index contributed by atoms with van der Waals surface area (Å²) in [7, 11) is 0. The minimum atomic E-state index is -0.247. The van der Waals surface area contributed by atoms with Crippen LogP contribution in [-0.4, -0.2) is 40.0 Å². The molecule has 5 heteroatoms. The topological polar surface area (TPSA) is 21.1 Å². The van der Waals surface area contributed by atoms with Gasteiger partial charge in [-0.3, -0.25) is 0 Å². The van der Waals surface area contributed by atoms with Crippen molar-refractivity contribution in [1.82, 2.24) is 14.5 Å². The summed E-state index contributed by atoms with van der Waals surface area (Å²) in [5, 5.41) is 0. The molecule has 3 rings (SSSR count). The fourth-order valence-electron chi connectivity index (χ4n) is 3.25. The number of alkyl halides is 1. The molecule has 0 bridgehead atoms. The third-order valence-corrected chi connectivity index (χ3v) is 4.57. The lowest BCUT2D eigenvalue weighted by Crippen LogP contribution is -2.21. The zero-order valence-electron chi connectivity index (χ0n) is 12.4. The number of benzene rings is 1. The number of para-hydroxylation sites is 1. The number of imidazole rings is 1. The number of nitrogens with zero attached hydrogens (tertiary/aromatic N) is 3. The van der Waals surface area contributed by atoms with E-state index in [9.17, 15) is 4.39 Å². The highest BCUT2D eigenvalue weighted by atomic mass is 35.5. The third-order valence-electron chi connectivity index (χ3n) is 4.38. The van der Waals surface area contributed by atoms with Crippen LogP contribution in [0.1, 0.15) is 19.2 Å². The predicted octanol–water partition coefficient (Wildman–Crippen LogP) is 3.30. The molecule has 1 aromatic carbocycles. The number of aromatic nitrogens is 2. The van der Waals surface area contributed by atoms with Gasteiger partial charge < -0.3 is 9.47 Å². The second kappa shape index (κ2) is 6.32. The minimum absolute atomic E-state index is 0.247. The van der Waals surface area contributed by atoms with Crippen molar-refractivity contribution < 1.29 is 4.39 Å². The summed E-state index contributed by atoms with van der Waals surface area (Å²) < 4.78 is 16.1. The van der Waals surface area contributed by atoms with Gasteiger partial charge in [0.1, 0.15) is 11.3 Å². The Morgan fingerprint density at radius 3 is 3.00 bits per heavy atom. The first-order valence-electron chi connectivity index (χ1n) is 7.65. The van der Waals surface area contributed by atoms with Crippen molar-refractivity contribution in [3.8, 4) is 0 Å². The molecule has 2 aromatic rings. The van der Waals surface area contributed by atoms with Crippen molar-refractivity contribution in [2.24, 2.45) is 5.92 Å². The molecule has 114 valence electrons. The van der Waals surface area contributed by atoms with E-state index in [0.717, 1.165) is 37.5 Å². The molecule has 1 aliphatic heterocycles. The highest BCUT2D eigenvalue weighted by molar-refractivity contribution is 6.17. The Morgan fingerprint density at radius 2 is 2.29 bits per heavy atom. The Bertz CT molecular complexity index is 625. The molecule has 1 aromatic heterocycles. The van der Waals surface area contributed by atoms with Crippen LogP contribution in [0.15, 0.2) is 18.2 Å². The molecule has 0 aliphatic carbocycles. The van der Waals surface area contributed by atoms with Gasteiger partial charge in [0.25, 0.3) is 0 Å². The number of halogens is 2. The van der Waals surface area contributed by atoms with Gasteiger partial charge in [-0.1, -0.05) is 13.0 Å². The molecule has 1 fully saturated rings. The fraction of sp³-hybridized carbons (Fsp3) is 0.562. The van der Waals surface area contributed by atoms with E-state index >= 15 is 0 Å². The molecule has 0 N–H and O–H groups in total. The van der Waals surface area contributed by atoms with E-state index < -0.39 is 0 Å². The maximum absolute atomic E-state index is 13.9. The lowest BCUT2D eigenvalue weighted by atomic mass is 10.1. The quantitative estimate of drug-likeness (QED) is 0.790. The van der Waals surface area contributed by atoms with E-state index in [-0.39, 0.29) is 5.82 Å². The Hall–Kier alpha value is -1.13. The molecule has 21 heavy (non-hydrogen) atoms. The Balaban J connectivity index is 1.92. The van der Waals surface area contributed by atoms with Crippen molar-refractivity contribution in [2.45, 2.75) is 26.3 Å². The van der Waals surface area contributed by atoms with Crippen LogP contribution in [0.25, 0.3) is 11.0 Å². The number of fused-ring (bicyclic) bond motifs is 1. The van der Waals surface area contributed by atoms with Gasteiger partial charge in [0.05, 0.1) is 5.52 Å². The number of hydrogen-bond acceptors (Lipinski definition) is 2. The second-order valence-corrected chi connectivity index (χ2v) is 6.11. The average Bonchev–Trinajstić information content (AvgIpc) is 3.07. The van der Waals surface area contributed by atoms with E-state index in [4.69, 9.17) is 11.6 Å². The monoisotopic (exact) mass is 309 g/mol. The molecule has 1 aliphatic rings. The Kier molecular flexibility index (Phi) is 4.45. The van der Waals surface area contributed by atoms with Crippen LogP contribution in [0.5, 0.6) is 0 Å². The van der Waals surface area contributed by atoms with Crippen LogP contribution in [0, 0.1) is 11.7 Å². The molecule has 1 atom stereocenters. The first-order chi connectivity index (χ1) is 10.2. The SMILES string of the molecule is CCN1CCC(Cn2c(CCCl)nc3c(F)cccc32)C1. The first kappa shape index (κ1) is 14.8.